The number of amides is 1. The van der Waals surface area contributed by atoms with Gasteiger partial charge in [-0.05, 0) is 43.2 Å². The third kappa shape index (κ3) is 3.67. The molecule has 0 bridgehead atoms. The number of hydrogen-bond acceptors (Lipinski definition) is 6. The first kappa shape index (κ1) is 18.6. The molecule has 7 nitrogen and oxygen atoms in total. The topological polar surface area (TPSA) is 102 Å². The molecule has 3 heterocycles. The number of aromatic hydroxyl groups is 1. The van der Waals surface area contributed by atoms with Gasteiger partial charge in [0.25, 0.3) is 5.91 Å². The highest BCUT2D eigenvalue weighted by Gasteiger charge is 2.27. The number of halogens is 1. The third-order valence-electron chi connectivity index (χ3n) is 4.93. The van der Waals surface area contributed by atoms with Crippen molar-refractivity contribution in [2.24, 2.45) is 0 Å². The Kier molecular flexibility index (Phi) is 4.72. The summed E-state index contributed by atoms with van der Waals surface area (Å²) in [6, 6.07) is 10.2. The van der Waals surface area contributed by atoms with Crippen molar-refractivity contribution >= 4 is 28.3 Å². The van der Waals surface area contributed by atoms with Gasteiger partial charge in [-0.1, -0.05) is 0 Å². The Morgan fingerprint density at radius 2 is 2.21 bits per heavy atom. The molecule has 1 aliphatic heterocycles. The minimum absolute atomic E-state index is 0.0624. The maximum Gasteiger partial charge on any atom is 0.259 e. The number of hydrogen-bond donors (Lipinski definition) is 2. The lowest BCUT2D eigenvalue weighted by molar-refractivity contribution is 0.102. The van der Waals surface area contributed by atoms with E-state index in [-0.39, 0.29) is 23.6 Å². The molecule has 1 fully saturated rings. The Bertz CT molecular complexity index is 1160. The zero-order chi connectivity index (χ0) is 20.5. The van der Waals surface area contributed by atoms with Crippen LogP contribution >= 0.6 is 0 Å². The van der Waals surface area contributed by atoms with E-state index >= 15 is 0 Å². The number of aromatic nitrogens is 2. The largest absolute Gasteiger partial charge is 0.493 e. The minimum Gasteiger partial charge on any atom is -0.493 e. The molecular formula is C21H18FN5O2. The number of nitrogens with zero attached hydrogens (tertiary/aromatic N) is 4. The highest BCUT2D eigenvalue weighted by Crippen LogP contribution is 2.27. The summed E-state index contributed by atoms with van der Waals surface area (Å²) in [6.07, 6.45) is 0.803. The predicted octanol–water partition coefficient (Wildman–Crippen LogP) is 3.32. The van der Waals surface area contributed by atoms with Gasteiger partial charge in [-0.2, -0.15) is 5.26 Å². The standard InChI is InChI=1S/C21H18FN5O2/c1-12-6-19(28)26-18-3-2-15(8-16(12)18)25-21(29)17-7-13(9-23)10-24-20(17)27-5-4-14(22)11-27/h2-3,6-8,10,14H,4-5,11H2,1H3,(H,25,29)(H,26,28). The fourth-order valence-electron chi connectivity index (χ4n) is 3.50. The van der Waals surface area contributed by atoms with Gasteiger partial charge in [0.2, 0.25) is 5.88 Å². The van der Waals surface area contributed by atoms with Crippen molar-refractivity contribution in [3.63, 3.8) is 0 Å². The number of fused-ring (bicyclic) bond motifs is 1. The van der Waals surface area contributed by atoms with Crippen molar-refractivity contribution in [2.75, 3.05) is 23.3 Å². The summed E-state index contributed by atoms with van der Waals surface area (Å²) < 4.78 is 13.7. The van der Waals surface area contributed by atoms with Crippen LogP contribution in [-0.2, 0) is 0 Å². The Labute approximate surface area is 166 Å². The Morgan fingerprint density at radius 3 is 2.93 bits per heavy atom. The molecule has 0 radical (unpaired) electrons. The van der Waals surface area contributed by atoms with Crippen LogP contribution in [0.1, 0.15) is 27.9 Å². The second-order valence-corrected chi connectivity index (χ2v) is 7.02. The minimum atomic E-state index is -0.962. The number of aryl methyl sites for hydroxylation is 1. The highest BCUT2D eigenvalue weighted by molar-refractivity contribution is 6.08. The quantitative estimate of drug-likeness (QED) is 0.710. The third-order valence-corrected chi connectivity index (χ3v) is 4.93. The molecule has 8 heteroatoms. The van der Waals surface area contributed by atoms with Crippen molar-refractivity contribution in [3.8, 4) is 11.9 Å². The first-order valence-electron chi connectivity index (χ1n) is 9.15. The first-order chi connectivity index (χ1) is 13.9. The summed E-state index contributed by atoms with van der Waals surface area (Å²) in [5.74, 6) is -0.131. The van der Waals surface area contributed by atoms with Crippen LogP contribution in [0.3, 0.4) is 0 Å². The number of nitriles is 1. The second kappa shape index (κ2) is 7.36. The second-order valence-electron chi connectivity index (χ2n) is 7.02. The molecule has 146 valence electrons. The number of anilines is 2. The summed E-state index contributed by atoms with van der Waals surface area (Å²) in [7, 11) is 0. The molecule has 0 spiro atoms. The van der Waals surface area contributed by atoms with Crippen LogP contribution in [-0.4, -0.2) is 40.2 Å². The van der Waals surface area contributed by atoms with Gasteiger partial charge in [-0.25, -0.2) is 14.4 Å². The van der Waals surface area contributed by atoms with Gasteiger partial charge in [-0.3, -0.25) is 4.79 Å². The van der Waals surface area contributed by atoms with E-state index in [4.69, 9.17) is 0 Å². The van der Waals surface area contributed by atoms with Gasteiger partial charge < -0.3 is 15.3 Å². The van der Waals surface area contributed by atoms with Crippen molar-refractivity contribution in [2.45, 2.75) is 19.5 Å². The van der Waals surface area contributed by atoms with E-state index in [1.165, 1.54) is 12.3 Å². The predicted molar refractivity (Wildman–Crippen MR) is 107 cm³/mol. The average molecular weight is 391 g/mol. The molecule has 0 aliphatic carbocycles. The van der Waals surface area contributed by atoms with E-state index < -0.39 is 12.1 Å². The smallest absolute Gasteiger partial charge is 0.259 e. The lowest BCUT2D eigenvalue weighted by Gasteiger charge is -2.19. The van der Waals surface area contributed by atoms with E-state index in [0.29, 0.717) is 30.0 Å². The molecule has 1 aliphatic rings. The summed E-state index contributed by atoms with van der Waals surface area (Å²) in [5.41, 5.74) is 2.45. The van der Waals surface area contributed by atoms with Gasteiger partial charge in [0.1, 0.15) is 18.1 Å². The monoisotopic (exact) mass is 391 g/mol. The summed E-state index contributed by atoms with van der Waals surface area (Å²) in [6.45, 7) is 2.47. The molecule has 2 N–H and O–H groups in total. The molecule has 1 unspecified atom stereocenters. The highest BCUT2D eigenvalue weighted by atomic mass is 19.1. The number of nitrogens with one attached hydrogen (secondary N) is 1. The van der Waals surface area contributed by atoms with E-state index in [1.807, 2.05) is 13.0 Å². The number of pyridine rings is 2. The van der Waals surface area contributed by atoms with Crippen LogP contribution in [0, 0.1) is 18.3 Å². The van der Waals surface area contributed by atoms with Crippen LogP contribution in [0.25, 0.3) is 10.9 Å². The SMILES string of the molecule is Cc1cc(O)nc2ccc(NC(=O)c3cc(C#N)cnc3N3CCC(F)C3)cc12. The molecule has 29 heavy (non-hydrogen) atoms. The fourth-order valence-corrected chi connectivity index (χ4v) is 3.50. The van der Waals surface area contributed by atoms with Gasteiger partial charge in [-0.15, -0.1) is 0 Å². The molecule has 0 saturated carbocycles. The van der Waals surface area contributed by atoms with Crippen LogP contribution in [0.5, 0.6) is 5.88 Å². The summed E-state index contributed by atoms with van der Waals surface area (Å²) in [4.78, 5) is 23.0. The van der Waals surface area contributed by atoms with Crippen LogP contribution in [0.4, 0.5) is 15.9 Å². The zero-order valence-corrected chi connectivity index (χ0v) is 15.7. The van der Waals surface area contributed by atoms with Gasteiger partial charge in [0, 0.05) is 29.9 Å². The van der Waals surface area contributed by atoms with E-state index in [0.717, 1.165) is 10.9 Å². The van der Waals surface area contributed by atoms with Crippen LogP contribution < -0.4 is 10.2 Å². The lowest BCUT2D eigenvalue weighted by Crippen LogP contribution is -2.25. The van der Waals surface area contributed by atoms with Crippen molar-refractivity contribution < 1.29 is 14.3 Å². The number of benzene rings is 1. The van der Waals surface area contributed by atoms with Crippen molar-refractivity contribution in [3.05, 3.63) is 53.2 Å². The molecule has 1 aromatic carbocycles. The fraction of sp³-hybridized carbons (Fsp3) is 0.238. The summed E-state index contributed by atoms with van der Waals surface area (Å²) >= 11 is 0. The van der Waals surface area contributed by atoms with Crippen LogP contribution in [0.2, 0.25) is 0 Å². The zero-order valence-electron chi connectivity index (χ0n) is 15.7. The van der Waals surface area contributed by atoms with E-state index in [1.54, 1.807) is 29.2 Å². The molecule has 1 saturated heterocycles. The van der Waals surface area contributed by atoms with Crippen LogP contribution in [0.15, 0.2) is 36.5 Å². The number of carbonyl (C=O) groups is 1. The van der Waals surface area contributed by atoms with Crippen molar-refractivity contribution in [1.82, 2.24) is 9.97 Å². The molecule has 3 aromatic rings. The van der Waals surface area contributed by atoms with E-state index in [2.05, 4.69) is 15.3 Å². The Morgan fingerprint density at radius 1 is 1.38 bits per heavy atom. The molecular weight excluding hydrogens is 373 g/mol. The summed E-state index contributed by atoms with van der Waals surface area (Å²) in [5, 5.41) is 22.4. The maximum atomic E-state index is 13.7. The van der Waals surface area contributed by atoms with Gasteiger partial charge in [0.15, 0.2) is 0 Å². The number of alkyl halides is 1. The molecule has 2 aromatic heterocycles. The average Bonchev–Trinajstić information content (AvgIpc) is 3.14. The first-order valence-corrected chi connectivity index (χ1v) is 9.15. The Hall–Kier alpha value is -3.73. The molecule has 1 amide bonds. The van der Waals surface area contributed by atoms with Gasteiger partial charge in [0.05, 0.1) is 23.2 Å². The number of carbonyl (C=O) groups excluding carboxylic acids is 1. The molecule has 1 atom stereocenters. The number of rotatable bonds is 3. The normalized spacial score (nSPS) is 16.0. The van der Waals surface area contributed by atoms with Crippen molar-refractivity contribution in [1.29, 1.82) is 5.26 Å². The Balaban J connectivity index is 1.68. The van der Waals surface area contributed by atoms with E-state index in [9.17, 15) is 19.6 Å². The molecule has 4 rings (SSSR count). The lowest BCUT2D eigenvalue weighted by atomic mass is 10.1. The maximum absolute atomic E-state index is 13.7. The van der Waals surface area contributed by atoms with Gasteiger partial charge >= 0.3 is 0 Å².